The van der Waals surface area contributed by atoms with Gasteiger partial charge in [-0.3, -0.25) is 4.79 Å². The van der Waals surface area contributed by atoms with Gasteiger partial charge < -0.3 is 9.42 Å². The zero-order valence-corrected chi connectivity index (χ0v) is 13.2. The van der Waals surface area contributed by atoms with Gasteiger partial charge in [-0.1, -0.05) is 25.9 Å². The summed E-state index contributed by atoms with van der Waals surface area (Å²) in [6.45, 7) is 7.27. The van der Waals surface area contributed by atoms with Crippen LogP contribution in [0.3, 0.4) is 0 Å². The van der Waals surface area contributed by atoms with E-state index in [0.29, 0.717) is 24.8 Å². The second kappa shape index (κ2) is 5.87. The minimum absolute atomic E-state index is 0.140. The lowest BCUT2D eigenvalue weighted by Crippen LogP contribution is -2.24. The zero-order chi connectivity index (χ0) is 15.7. The maximum absolute atomic E-state index is 12.5. The van der Waals surface area contributed by atoms with Crippen molar-refractivity contribution in [3.63, 3.8) is 0 Å². The summed E-state index contributed by atoms with van der Waals surface area (Å²) in [5.41, 5.74) is 2.76. The van der Waals surface area contributed by atoms with Crippen molar-refractivity contribution in [2.24, 2.45) is 5.92 Å². The quantitative estimate of drug-likeness (QED) is 0.867. The fourth-order valence-electron chi connectivity index (χ4n) is 2.59. The molecule has 2 aromatic rings. The van der Waals surface area contributed by atoms with Gasteiger partial charge in [-0.2, -0.15) is 0 Å². The summed E-state index contributed by atoms with van der Waals surface area (Å²) in [6, 6.07) is 1.74. The van der Waals surface area contributed by atoms with E-state index in [9.17, 15) is 4.79 Å². The number of fused-ring (bicyclic) bond motifs is 1. The number of hydrogen-bond donors (Lipinski definition) is 0. The van der Waals surface area contributed by atoms with E-state index in [1.54, 1.807) is 11.0 Å². The molecule has 2 aromatic heterocycles. The number of rotatable bonds is 4. The minimum Gasteiger partial charge on any atom is -0.351 e. The van der Waals surface area contributed by atoms with Crippen molar-refractivity contribution in [1.82, 2.24) is 20.0 Å². The van der Waals surface area contributed by atoms with Crippen LogP contribution in [-0.2, 0) is 25.9 Å². The Bertz CT molecular complexity index is 693. The first-order chi connectivity index (χ1) is 10.6. The van der Waals surface area contributed by atoms with Gasteiger partial charge in [-0.05, 0) is 12.3 Å². The number of nitrogens with zero attached hydrogens (tertiary/aromatic N) is 4. The first kappa shape index (κ1) is 14.7. The summed E-state index contributed by atoms with van der Waals surface area (Å²) >= 11 is 0. The van der Waals surface area contributed by atoms with Crippen LogP contribution in [0.25, 0.3) is 0 Å². The molecule has 116 valence electrons. The molecule has 0 unspecified atom stereocenters. The highest BCUT2D eigenvalue weighted by molar-refractivity contribution is 5.91. The van der Waals surface area contributed by atoms with Crippen molar-refractivity contribution in [3.05, 3.63) is 40.8 Å². The Kier molecular flexibility index (Phi) is 3.92. The lowest BCUT2D eigenvalue weighted by molar-refractivity contribution is 0.0708. The fraction of sp³-hybridized carbons (Fsp3) is 0.500. The molecular formula is C16H20N4O2. The first-order valence-electron chi connectivity index (χ1n) is 7.65. The standard InChI is InChI=1S/C16H20N4O2/c1-4-15-17-7-11-8-20(9-13(11)18-15)16(21)14-6-12(19-22-14)5-10(2)3/h6-7,10H,4-5,8-9H2,1-3H3. The number of carbonyl (C=O) groups excluding carboxylic acids is 1. The Morgan fingerprint density at radius 2 is 2.23 bits per heavy atom. The summed E-state index contributed by atoms with van der Waals surface area (Å²) in [6.07, 6.45) is 3.42. The Balaban J connectivity index is 1.73. The SMILES string of the molecule is CCc1ncc2c(n1)CN(C(=O)c1cc(CC(C)C)no1)C2. The topological polar surface area (TPSA) is 72.1 Å². The van der Waals surface area contributed by atoms with Gasteiger partial charge in [0, 0.05) is 30.8 Å². The maximum atomic E-state index is 12.5. The van der Waals surface area contributed by atoms with Crippen molar-refractivity contribution in [2.45, 2.75) is 46.7 Å². The molecule has 22 heavy (non-hydrogen) atoms. The molecular weight excluding hydrogens is 280 g/mol. The summed E-state index contributed by atoms with van der Waals surface area (Å²) in [5.74, 6) is 1.45. The molecule has 0 saturated heterocycles. The third-order valence-electron chi connectivity index (χ3n) is 3.70. The van der Waals surface area contributed by atoms with Gasteiger partial charge >= 0.3 is 0 Å². The normalized spacial score (nSPS) is 13.7. The number of hydrogen-bond acceptors (Lipinski definition) is 5. The van der Waals surface area contributed by atoms with Gasteiger partial charge in [0.25, 0.3) is 5.91 Å². The Morgan fingerprint density at radius 1 is 1.41 bits per heavy atom. The number of aryl methyl sites for hydroxylation is 1. The van der Waals surface area contributed by atoms with E-state index in [1.165, 1.54) is 0 Å². The molecule has 1 amide bonds. The van der Waals surface area contributed by atoms with E-state index >= 15 is 0 Å². The fourth-order valence-corrected chi connectivity index (χ4v) is 2.59. The maximum Gasteiger partial charge on any atom is 0.293 e. The molecule has 0 N–H and O–H groups in total. The van der Waals surface area contributed by atoms with Crippen molar-refractivity contribution in [3.8, 4) is 0 Å². The first-order valence-corrected chi connectivity index (χ1v) is 7.65. The molecule has 0 aromatic carbocycles. The Hall–Kier alpha value is -2.24. The predicted molar refractivity (Wildman–Crippen MR) is 80.0 cm³/mol. The van der Waals surface area contributed by atoms with Crippen LogP contribution < -0.4 is 0 Å². The van der Waals surface area contributed by atoms with Gasteiger partial charge in [0.1, 0.15) is 5.82 Å². The largest absolute Gasteiger partial charge is 0.351 e. The molecule has 0 radical (unpaired) electrons. The van der Waals surface area contributed by atoms with Crippen LogP contribution in [0.5, 0.6) is 0 Å². The highest BCUT2D eigenvalue weighted by Gasteiger charge is 2.28. The van der Waals surface area contributed by atoms with Gasteiger partial charge in [-0.25, -0.2) is 9.97 Å². The van der Waals surface area contributed by atoms with Gasteiger partial charge in [0.05, 0.1) is 17.9 Å². The van der Waals surface area contributed by atoms with Crippen molar-refractivity contribution in [1.29, 1.82) is 0 Å². The number of amides is 1. The van der Waals surface area contributed by atoms with Gasteiger partial charge in [0.2, 0.25) is 5.76 Å². The van der Waals surface area contributed by atoms with E-state index in [2.05, 4.69) is 29.0 Å². The average molecular weight is 300 g/mol. The summed E-state index contributed by atoms with van der Waals surface area (Å²) in [4.78, 5) is 23.0. The molecule has 0 aliphatic carbocycles. The third-order valence-corrected chi connectivity index (χ3v) is 3.70. The number of carbonyl (C=O) groups is 1. The zero-order valence-electron chi connectivity index (χ0n) is 13.2. The summed E-state index contributed by atoms with van der Waals surface area (Å²) < 4.78 is 5.21. The molecule has 0 spiro atoms. The average Bonchev–Trinajstić information content (AvgIpc) is 3.11. The number of aromatic nitrogens is 3. The minimum atomic E-state index is -0.140. The third kappa shape index (κ3) is 2.86. The van der Waals surface area contributed by atoms with Crippen LogP contribution in [0.15, 0.2) is 16.8 Å². The highest BCUT2D eigenvalue weighted by Crippen LogP contribution is 2.23. The van der Waals surface area contributed by atoms with E-state index in [4.69, 9.17) is 4.52 Å². The van der Waals surface area contributed by atoms with E-state index in [-0.39, 0.29) is 5.91 Å². The molecule has 0 bridgehead atoms. The molecule has 0 atom stereocenters. The van der Waals surface area contributed by atoms with Crippen molar-refractivity contribution in [2.75, 3.05) is 0 Å². The van der Waals surface area contributed by atoms with E-state index in [1.807, 2.05) is 13.1 Å². The van der Waals surface area contributed by atoms with Gasteiger partial charge in [0.15, 0.2) is 0 Å². The van der Waals surface area contributed by atoms with E-state index in [0.717, 1.165) is 35.6 Å². The van der Waals surface area contributed by atoms with Crippen molar-refractivity contribution < 1.29 is 9.32 Å². The molecule has 3 rings (SSSR count). The molecule has 3 heterocycles. The molecule has 1 aliphatic rings. The van der Waals surface area contributed by atoms with Gasteiger partial charge in [-0.15, -0.1) is 0 Å². The second-order valence-corrected chi connectivity index (χ2v) is 6.05. The van der Waals surface area contributed by atoms with Crippen LogP contribution in [0.2, 0.25) is 0 Å². The highest BCUT2D eigenvalue weighted by atomic mass is 16.5. The Morgan fingerprint density at radius 3 is 2.95 bits per heavy atom. The van der Waals surface area contributed by atoms with Crippen molar-refractivity contribution >= 4 is 5.91 Å². The summed E-state index contributed by atoms with van der Waals surface area (Å²) in [7, 11) is 0. The lowest BCUT2D eigenvalue weighted by atomic mass is 10.1. The predicted octanol–water partition coefficient (Wildman–Crippen LogP) is 2.38. The molecule has 0 fully saturated rings. The van der Waals surface area contributed by atoms with E-state index < -0.39 is 0 Å². The van der Waals surface area contributed by atoms with Crippen LogP contribution >= 0.6 is 0 Å². The molecule has 6 heteroatoms. The van der Waals surface area contributed by atoms with Crippen LogP contribution in [0.1, 0.15) is 54.1 Å². The Labute approximate surface area is 129 Å². The molecule has 6 nitrogen and oxygen atoms in total. The lowest BCUT2D eigenvalue weighted by Gasteiger charge is -2.12. The molecule has 1 aliphatic heterocycles. The van der Waals surface area contributed by atoms with Crippen LogP contribution in [0, 0.1) is 5.92 Å². The monoisotopic (exact) mass is 300 g/mol. The smallest absolute Gasteiger partial charge is 0.293 e. The second-order valence-electron chi connectivity index (χ2n) is 6.05. The van der Waals surface area contributed by atoms with Crippen LogP contribution in [-0.4, -0.2) is 25.9 Å². The van der Waals surface area contributed by atoms with Crippen LogP contribution in [0.4, 0.5) is 0 Å². The summed E-state index contributed by atoms with van der Waals surface area (Å²) in [5, 5.41) is 3.97. The molecule has 0 saturated carbocycles.